The molecular weight excluding hydrogens is 400 g/mol. The lowest BCUT2D eigenvalue weighted by molar-refractivity contribution is -0.150. The van der Waals surface area contributed by atoms with Crippen molar-refractivity contribution in [2.45, 2.75) is 103 Å². The Morgan fingerprint density at radius 1 is 0.759 bits per heavy atom. The van der Waals surface area contributed by atoms with E-state index in [1.54, 1.807) is 0 Å². The zero-order valence-corrected chi connectivity index (χ0v) is 18.8. The summed E-state index contributed by atoms with van der Waals surface area (Å²) in [5.74, 6) is -1.93. The van der Waals surface area contributed by atoms with Gasteiger partial charge in [0.05, 0.1) is 19.6 Å². The fraction of sp³-hybridized carbons (Fsp3) is 0.900. The molecule has 0 aliphatic rings. The van der Waals surface area contributed by atoms with E-state index in [2.05, 4.69) is 13.8 Å². The van der Waals surface area contributed by atoms with E-state index in [0.29, 0.717) is 12.8 Å². The molecule has 0 aliphatic heterocycles. The first-order chi connectivity index (χ1) is 13.3. The SMILES string of the molecule is CCCCCCCCOC(=O)CC(C(=O)OCCCCCCCC)S(=O)(=O)O.O. The van der Waals surface area contributed by atoms with Crippen molar-refractivity contribution in [2.24, 2.45) is 0 Å². The summed E-state index contributed by atoms with van der Waals surface area (Å²) in [6, 6.07) is 0. The Labute approximate surface area is 175 Å². The second-order valence-electron chi connectivity index (χ2n) is 7.13. The summed E-state index contributed by atoms with van der Waals surface area (Å²) < 4.78 is 42.0. The molecule has 0 saturated heterocycles. The molecule has 3 N–H and O–H groups in total. The van der Waals surface area contributed by atoms with Gasteiger partial charge in [0.25, 0.3) is 10.1 Å². The summed E-state index contributed by atoms with van der Waals surface area (Å²) in [6.07, 6.45) is 11.3. The minimum atomic E-state index is -4.73. The fourth-order valence-electron chi connectivity index (χ4n) is 2.74. The van der Waals surface area contributed by atoms with E-state index < -0.39 is 33.7 Å². The van der Waals surface area contributed by atoms with Gasteiger partial charge in [-0.15, -0.1) is 0 Å². The number of unbranched alkanes of at least 4 members (excludes halogenated alkanes) is 10. The minimum Gasteiger partial charge on any atom is -0.466 e. The van der Waals surface area contributed by atoms with Crippen LogP contribution in [0.3, 0.4) is 0 Å². The molecule has 0 spiro atoms. The van der Waals surface area contributed by atoms with Gasteiger partial charge < -0.3 is 14.9 Å². The largest absolute Gasteiger partial charge is 0.466 e. The van der Waals surface area contributed by atoms with Crippen molar-refractivity contribution in [1.29, 1.82) is 0 Å². The number of carbonyl (C=O) groups is 2. The molecule has 0 aromatic carbocycles. The van der Waals surface area contributed by atoms with Crippen LogP contribution in [0.1, 0.15) is 97.3 Å². The molecule has 1 unspecified atom stereocenters. The lowest BCUT2D eigenvalue weighted by Gasteiger charge is -2.13. The summed E-state index contributed by atoms with van der Waals surface area (Å²) in [6.45, 7) is 4.50. The van der Waals surface area contributed by atoms with Gasteiger partial charge in [0.1, 0.15) is 0 Å². The predicted octanol–water partition coefficient (Wildman–Crippen LogP) is 3.62. The molecule has 0 heterocycles. The van der Waals surface area contributed by atoms with Crippen molar-refractivity contribution in [3.63, 3.8) is 0 Å². The number of hydrogen-bond acceptors (Lipinski definition) is 6. The second kappa shape index (κ2) is 18.8. The van der Waals surface area contributed by atoms with Crippen LogP contribution in [-0.2, 0) is 29.2 Å². The first kappa shape index (κ1) is 30.0. The lowest BCUT2D eigenvalue weighted by Crippen LogP contribution is -2.34. The van der Waals surface area contributed by atoms with E-state index >= 15 is 0 Å². The maximum Gasteiger partial charge on any atom is 0.327 e. The van der Waals surface area contributed by atoms with Crippen molar-refractivity contribution in [2.75, 3.05) is 13.2 Å². The van der Waals surface area contributed by atoms with E-state index in [4.69, 9.17) is 9.47 Å². The Kier molecular flexibility index (Phi) is 19.5. The zero-order valence-electron chi connectivity index (χ0n) is 18.0. The van der Waals surface area contributed by atoms with E-state index in [-0.39, 0.29) is 18.7 Å². The van der Waals surface area contributed by atoms with Gasteiger partial charge in [-0.3, -0.25) is 14.1 Å². The third-order valence-corrected chi connectivity index (χ3v) is 5.56. The van der Waals surface area contributed by atoms with Gasteiger partial charge >= 0.3 is 11.9 Å². The van der Waals surface area contributed by atoms with Gasteiger partial charge in [0.2, 0.25) is 0 Å². The van der Waals surface area contributed by atoms with Crippen LogP contribution < -0.4 is 0 Å². The molecule has 0 radical (unpaired) electrons. The summed E-state index contributed by atoms with van der Waals surface area (Å²) in [5, 5.41) is -1.93. The van der Waals surface area contributed by atoms with E-state index in [0.717, 1.165) is 57.8 Å². The monoisotopic (exact) mass is 440 g/mol. The highest BCUT2D eigenvalue weighted by molar-refractivity contribution is 7.87. The van der Waals surface area contributed by atoms with E-state index in [1.807, 2.05) is 0 Å². The Balaban J connectivity index is 0. The third-order valence-electron chi connectivity index (χ3n) is 4.48. The zero-order chi connectivity index (χ0) is 21.3. The highest BCUT2D eigenvalue weighted by Crippen LogP contribution is 2.11. The van der Waals surface area contributed by atoms with E-state index in [1.165, 1.54) is 6.42 Å². The normalized spacial score (nSPS) is 12.1. The summed E-state index contributed by atoms with van der Waals surface area (Å²) in [4.78, 5) is 23.8. The van der Waals surface area contributed by atoms with E-state index in [9.17, 15) is 22.6 Å². The van der Waals surface area contributed by atoms with Crippen LogP contribution in [0, 0.1) is 0 Å². The molecule has 0 bridgehead atoms. The molecule has 0 amide bonds. The number of hydrogen-bond donors (Lipinski definition) is 1. The molecule has 174 valence electrons. The van der Waals surface area contributed by atoms with Crippen LogP contribution in [0.25, 0.3) is 0 Å². The minimum absolute atomic E-state index is 0. The third kappa shape index (κ3) is 17.4. The number of rotatable bonds is 18. The summed E-state index contributed by atoms with van der Waals surface area (Å²) in [7, 11) is -4.73. The Hall–Kier alpha value is -1.19. The van der Waals surface area contributed by atoms with Crippen LogP contribution in [-0.4, -0.2) is 48.8 Å². The molecule has 0 aliphatic carbocycles. The highest BCUT2D eigenvalue weighted by Gasteiger charge is 2.35. The molecule has 29 heavy (non-hydrogen) atoms. The van der Waals surface area contributed by atoms with Crippen LogP contribution in [0.2, 0.25) is 0 Å². The van der Waals surface area contributed by atoms with Gasteiger partial charge in [-0.2, -0.15) is 8.42 Å². The van der Waals surface area contributed by atoms with Crippen molar-refractivity contribution in [1.82, 2.24) is 0 Å². The van der Waals surface area contributed by atoms with Crippen molar-refractivity contribution in [3.05, 3.63) is 0 Å². The highest BCUT2D eigenvalue weighted by atomic mass is 32.2. The maximum absolute atomic E-state index is 12.0. The molecule has 8 nitrogen and oxygen atoms in total. The van der Waals surface area contributed by atoms with Gasteiger partial charge in [0, 0.05) is 0 Å². The van der Waals surface area contributed by atoms with Crippen LogP contribution in [0.5, 0.6) is 0 Å². The van der Waals surface area contributed by atoms with Gasteiger partial charge in [0.15, 0.2) is 5.25 Å². The average Bonchev–Trinajstić information content (AvgIpc) is 2.63. The van der Waals surface area contributed by atoms with Gasteiger partial charge in [-0.1, -0.05) is 78.1 Å². The van der Waals surface area contributed by atoms with Gasteiger partial charge in [-0.25, -0.2) is 0 Å². The Morgan fingerprint density at radius 3 is 1.62 bits per heavy atom. The maximum atomic E-state index is 12.0. The Morgan fingerprint density at radius 2 is 1.17 bits per heavy atom. The first-order valence-corrected chi connectivity index (χ1v) is 12.1. The molecule has 0 fully saturated rings. The topological polar surface area (TPSA) is 138 Å². The van der Waals surface area contributed by atoms with Crippen molar-refractivity contribution >= 4 is 22.1 Å². The van der Waals surface area contributed by atoms with Crippen LogP contribution >= 0.6 is 0 Å². The summed E-state index contributed by atoms with van der Waals surface area (Å²) >= 11 is 0. The smallest absolute Gasteiger partial charge is 0.327 e. The number of ether oxygens (including phenoxy) is 2. The molecular formula is C20H40O8S. The molecule has 0 aromatic heterocycles. The second-order valence-corrected chi connectivity index (χ2v) is 8.73. The molecule has 0 rings (SSSR count). The first-order valence-electron chi connectivity index (χ1n) is 10.6. The van der Waals surface area contributed by atoms with Crippen LogP contribution in [0.15, 0.2) is 0 Å². The molecule has 1 atom stereocenters. The van der Waals surface area contributed by atoms with Crippen molar-refractivity contribution < 1.29 is 37.5 Å². The fourth-order valence-corrected chi connectivity index (χ4v) is 3.39. The molecule has 9 heteroatoms. The number of carbonyl (C=O) groups excluding carboxylic acids is 2. The molecule has 0 aromatic rings. The Bertz CT molecular complexity index is 519. The average molecular weight is 441 g/mol. The quantitative estimate of drug-likeness (QED) is 0.195. The standard InChI is InChI=1S/C20H38O7S.H2O/c1-3-5-7-9-11-13-15-26-19(21)17-18(28(23,24)25)20(22)27-16-14-12-10-8-6-4-2;/h18H,3-17H2,1-2H3,(H,23,24,25);1H2. The summed E-state index contributed by atoms with van der Waals surface area (Å²) in [5.41, 5.74) is 0. The van der Waals surface area contributed by atoms with Gasteiger partial charge in [-0.05, 0) is 12.8 Å². The molecule has 0 saturated carbocycles. The predicted molar refractivity (Wildman–Crippen MR) is 112 cm³/mol. The van der Waals surface area contributed by atoms with Crippen molar-refractivity contribution in [3.8, 4) is 0 Å². The number of esters is 2. The lowest BCUT2D eigenvalue weighted by atomic mass is 10.1. The van der Waals surface area contributed by atoms with Crippen LogP contribution in [0.4, 0.5) is 0 Å².